The number of amides is 1. The highest BCUT2D eigenvalue weighted by Gasteiger charge is 2.10. The summed E-state index contributed by atoms with van der Waals surface area (Å²) in [5.74, 6) is -0.0983. The van der Waals surface area contributed by atoms with E-state index in [-0.39, 0.29) is 11.5 Å². The van der Waals surface area contributed by atoms with Gasteiger partial charge in [0.1, 0.15) is 5.75 Å². The van der Waals surface area contributed by atoms with Crippen LogP contribution in [0.3, 0.4) is 0 Å². The van der Waals surface area contributed by atoms with E-state index in [1.807, 2.05) is 0 Å². The van der Waals surface area contributed by atoms with Gasteiger partial charge in [0.05, 0.1) is 9.92 Å². The van der Waals surface area contributed by atoms with Crippen molar-refractivity contribution in [3.05, 3.63) is 52.0 Å². The fraction of sp³-hybridized carbons (Fsp3) is 0.0714. The second kappa shape index (κ2) is 7.31. The van der Waals surface area contributed by atoms with E-state index in [1.54, 1.807) is 24.3 Å². The summed E-state index contributed by atoms with van der Waals surface area (Å²) in [6, 6.07) is 10.6. The van der Waals surface area contributed by atoms with Crippen LogP contribution in [0.1, 0.15) is 0 Å². The largest absolute Gasteiger partial charge is 0.482 e. The first kappa shape index (κ1) is 17.7. The number of sulfonamides is 1. The molecule has 0 fully saturated rings. The van der Waals surface area contributed by atoms with Gasteiger partial charge in [-0.2, -0.15) is 0 Å². The third-order valence-corrected chi connectivity index (χ3v) is 4.40. The third-order valence-electron chi connectivity index (χ3n) is 2.70. The van der Waals surface area contributed by atoms with Gasteiger partial charge < -0.3 is 10.1 Å². The Balaban J connectivity index is 2.00. The topological polar surface area (TPSA) is 98.5 Å². The molecule has 23 heavy (non-hydrogen) atoms. The van der Waals surface area contributed by atoms with Gasteiger partial charge in [-0.05, 0) is 36.4 Å². The lowest BCUT2D eigenvalue weighted by Crippen LogP contribution is -2.20. The highest BCUT2D eigenvalue weighted by Crippen LogP contribution is 2.27. The van der Waals surface area contributed by atoms with Gasteiger partial charge in [-0.1, -0.05) is 33.6 Å². The Morgan fingerprint density at radius 3 is 2.65 bits per heavy atom. The lowest BCUT2D eigenvalue weighted by molar-refractivity contribution is -0.118. The number of halogens is 2. The summed E-state index contributed by atoms with van der Waals surface area (Å²) in [7, 11) is -3.83. The standard InChI is InChI=1S/C14H12BrClN2O4S/c15-9-4-5-13(12(16)6-9)22-8-14(19)18-10-2-1-3-11(7-10)23(17,20)21/h1-7H,8H2,(H,18,19)(H2,17,20,21). The molecule has 0 bridgehead atoms. The maximum absolute atomic E-state index is 11.9. The molecule has 0 saturated heterocycles. The first-order valence-corrected chi connectivity index (χ1v) is 8.98. The summed E-state index contributed by atoms with van der Waals surface area (Å²) in [4.78, 5) is 11.8. The minimum Gasteiger partial charge on any atom is -0.482 e. The van der Waals surface area contributed by atoms with Crippen LogP contribution in [0.5, 0.6) is 5.75 Å². The third kappa shape index (κ3) is 5.21. The van der Waals surface area contributed by atoms with E-state index in [2.05, 4.69) is 21.2 Å². The number of hydrogen-bond acceptors (Lipinski definition) is 4. The molecule has 0 aliphatic carbocycles. The summed E-state index contributed by atoms with van der Waals surface area (Å²) < 4.78 is 28.6. The van der Waals surface area contributed by atoms with Gasteiger partial charge in [-0.25, -0.2) is 13.6 Å². The van der Waals surface area contributed by atoms with E-state index < -0.39 is 15.9 Å². The summed E-state index contributed by atoms with van der Waals surface area (Å²) >= 11 is 9.24. The van der Waals surface area contributed by atoms with Crippen molar-refractivity contribution >= 4 is 49.1 Å². The molecule has 0 aliphatic rings. The molecule has 0 unspecified atom stereocenters. The maximum Gasteiger partial charge on any atom is 0.262 e. The van der Waals surface area contributed by atoms with Gasteiger partial charge in [0.15, 0.2) is 6.61 Å². The normalized spacial score (nSPS) is 11.1. The van der Waals surface area contributed by atoms with Crippen LogP contribution < -0.4 is 15.2 Å². The van der Waals surface area contributed by atoms with Gasteiger partial charge in [0.2, 0.25) is 10.0 Å². The molecule has 0 radical (unpaired) electrons. The van der Waals surface area contributed by atoms with Crippen LogP contribution in [0.15, 0.2) is 51.8 Å². The second-order valence-corrected chi connectivity index (χ2v) is 7.37. The number of nitrogens with one attached hydrogen (secondary N) is 1. The number of rotatable bonds is 5. The van der Waals surface area contributed by atoms with E-state index >= 15 is 0 Å². The molecule has 0 aliphatic heterocycles. The van der Waals surface area contributed by atoms with Crippen molar-refractivity contribution in [2.24, 2.45) is 5.14 Å². The molecule has 122 valence electrons. The van der Waals surface area contributed by atoms with Gasteiger partial charge in [-0.3, -0.25) is 4.79 Å². The Kier molecular flexibility index (Phi) is 5.64. The average Bonchev–Trinajstić information content (AvgIpc) is 2.45. The Morgan fingerprint density at radius 2 is 2.00 bits per heavy atom. The highest BCUT2D eigenvalue weighted by molar-refractivity contribution is 9.10. The van der Waals surface area contributed by atoms with Crippen LogP contribution in [0.4, 0.5) is 5.69 Å². The van der Waals surface area contributed by atoms with E-state index in [0.717, 1.165) is 4.47 Å². The zero-order valence-electron chi connectivity index (χ0n) is 11.6. The predicted molar refractivity (Wildman–Crippen MR) is 91.1 cm³/mol. The second-order valence-electron chi connectivity index (χ2n) is 4.48. The van der Waals surface area contributed by atoms with Crippen LogP contribution >= 0.6 is 27.5 Å². The SMILES string of the molecule is NS(=O)(=O)c1cccc(NC(=O)COc2ccc(Br)cc2Cl)c1. The van der Waals surface area contributed by atoms with E-state index in [0.29, 0.717) is 16.5 Å². The van der Waals surface area contributed by atoms with Crippen LogP contribution in [0.2, 0.25) is 5.02 Å². The number of carbonyl (C=O) groups excluding carboxylic acids is 1. The molecule has 0 saturated carbocycles. The number of anilines is 1. The molecule has 9 heteroatoms. The van der Waals surface area contributed by atoms with Crippen molar-refractivity contribution in [3.8, 4) is 5.75 Å². The molecule has 2 aromatic carbocycles. The molecule has 0 aromatic heterocycles. The first-order chi connectivity index (χ1) is 10.8. The molecule has 0 atom stereocenters. The van der Waals surface area contributed by atoms with Gasteiger partial charge >= 0.3 is 0 Å². The van der Waals surface area contributed by atoms with Crippen LogP contribution in [0.25, 0.3) is 0 Å². The Bertz CT molecular complexity index is 842. The Hall–Kier alpha value is -1.61. The minimum atomic E-state index is -3.83. The fourth-order valence-corrected chi connectivity index (χ4v) is 2.97. The molecule has 2 rings (SSSR count). The summed E-state index contributed by atoms with van der Waals surface area (Å²) in [5, 5.41) is 7.92. The molecule has 1 amide bonds. The lowest BCUT2D eigenvalue weighted by Gasteiger charge is -2.09. The van der Waals surface area contributed by atoms with Crippen molar-refractivity contribution in [2.75, 3.05) is 11.9 Å². The predicted octanol–water partition coefficient (Wildman–Crippen LogP) is 2.77. The number of primary sulfonamides is 1. The number of carbonyl (C=O) groups is 1. The Labute approximate surface area is 146 Å². The smallest absolute Gasteiger partial charge is 0.262 e. The monoisotopic (exact) mass is 418 g/mol. The van der Waals surface area contributed by atoms with Gasteiger partial charge in [-0.15, -0.1) is 0 Å². The van der Waals surface area contributed by atoms with Crippen molar-refractivity contribution in [3.63, 3.8) is 0 Å². The van der Waals surface area contributed by atoms with E-state index in [9.17, 15) is 13.2 Å². The number of benzene rings is 2. The maximum atomic E-state index is 11.9. The van der Waals surface area contributed by atoms with Crippen molar-refractivity contribution in [1.29, 1.82) is 0 Å². The summed E-state index contributed by atoms with van der Waals surface area (Å²) in [5.41, 5.74) is 0.298. The average molecular weight is 420 g/mol. The van der Waals surface area contributed by atoms with Gasteiger partial charge in [0, 0.05) is 10.2 Å². The molecular weight excluding hydrogens is 408 g/mol. The van der Waals surface area contributed by atoms with Crippen molar-refractivity contribution in [2.45, 2.75) is 4.90 Å². The molecule has 6 nitrogen and oxygen atoms in total. The summed E-state index contributed by atoms with van der Waals surface area (Å²) in [6.07, 6.45) is 0. The lowest BCUT2D eigenvalue weighted by atomic mass is 10.3. The molecule has 3 N–H and O–H groups in total. The van der Waals surface area contributed by atoms with E-state index in [4.69, 9.17) is 21.5 Å². The molecule has 2 aromatic rings. The van der Waals surface area contributed by atoms with Crippen LogP contribution in [-0.4, -0.2) is 20.9 Å². The van der Waals surface area contributed by atoms with Crippen LogP contribution in [0, 0.1) is 0 Å². The number of hydrogen-bond donors (Lipinski definition) is 2. The Morgan fingerprint density at radius 1 is 1.26 bits per heavy atom. The van der Waals surface area contributed by atoms with Gasteiger partial charge in [0.25, 0.3) is 5.91 Å². The van der Waals surface area contributed by atoms with Crippen LogP contribution in [-0.2, 0) is 14.8 Å². The van der Waals surface area contributed by atoms with Crippen molar-refractivity contribution < 1.29 is 17.9 Å². The fourth-order valence-electron chi connectivity index (χ4n) is 1.68. The van der Waals surface area contributed by atoms with E-state index in [1.165, 1.54) is 18.2 Å². The molecule has 0 heterocycles. The zero-order chi connectivity index (χ0) is 17.0. The first-order valence-electron chi connectivity index (χ1n) is 6.26. The minimum absolute atomic E-state index is 0.0906. The zero-order valence-corrected chi connectivity index (χ0v) is 14.8. The highest BCUT2D eigenvalue weighted by atomic mass is 79.9. The van der Waals surface area contributed by atoms with Crippen molar-refractivity contribution in [1.82, 2.24) is 0 Å². The molecule has 0 spiro atoms. The number of nitrogens with two attached hydrogens (primary N) is 1. The molecular formula is C14H12BrClN2O4S. The summed E-state index contributed by atoms with van der Waals surface area (Å²) in [6.45, 7) is -0.277. The quantitative estimate of drug-likeness (QED) is 0.778. The number of ether oxygens (including phenoxy) is 1.